The Bertz CT molecular complexity index is 2590. The highest BCUT2D eigenvalue weighted by Gasteiger charge is 2.38. The van der Waals surface area contributed by atoms with Crippen molar-refractivity contribution in [2.24, 2.45) is 16.8 Å². The molecule has 12 heterocycles. The predicted molar refractivity (Wildman–Crippen MR) is 357 cm³/mol. The monoisotopic (exact) mass is 1360 g/mol. The number of amides is 9. The van der Waals surface area contributed by atoms with E-state index >= 15 is 0 Å². The summed E-state index contributed by atoms with van der Waals surface area (Å²) in [5.41, 5.74) is 3.77. The number of nitrogens with zero attached hydrogens (tertiary/aromatic N) is 11. The number of likely N-dealkylation sites (tertiary alicyclic amines) is 6. The number of alkyl halides is 2. The van der Waals surface area contributed by atoms with Crippen LogP contribution in [0.4, 0.5) is 8.78 Å². The second-order valence-electron chi connectivity index (χ2n) is 26.7. The molecule has 12 aliphatic heterocycles. The highest BCUT2D eigenvalue weighted by atomic mass is 19.3. The number of ether oxygens (including phenoxy) is 3. The zero-order valence-electron chi connectivity index (χ0n) is 59.5. The van der Waals surface area contributed by atoms with Gasteiger partial charge in [-0.1, -0.05) is 0 Å². The maximum Gasteiger partial charge on any atom is 0.305 e. The van der Waals surface area contributed by atoms with Crippen LogP contribution < -0.4 is 0 Å². The summed E-state index contributed by atoms with van der Waals surface area (Å²) in [7, 11) is 3.91. The fraction of sp³-hybridized carbons (Fsp3) is 0.809. The molecular weight excluding hydrogens is 1250 g/mol. The van der Waals surface area contributed by atoms with Crippen molar-refractivity contribution in [1.82, 2.24) is 49.0 Å². The van der Waals surface area contributed by atoms with E-state index in [9.17, 15) is 56.7 Å². The van der Waals surface area contributed by atoms with E-state index in [1.807, 2.05) is 24.5 Å². The van der Waals surface area contributed by atoms with Gasteiger partial charge in [-0.2, -0.15) is 0 Å². The Morgan fingerprint density at radius 1 is 0.500 bits per heavy atom. The Kier molecular flexibility index (Phi) is 35.9. The van der Waals surface area contributed by atoms with E-state index in [0.717, 1.165) is 161 Å². The molecule has 10 fully saturated rings. The maximum atomic E-state index is 12.5. The molecule has 0 aromatic rings. The van der Waals surface area contributed by atoms with E-state index in [1.165, 1.54) is 55.2 Å². The molecule has 12 aliphatic rings. The normalized spacial score (nSPS) is 24.6. The quantitative estimate of drug-likeness (QED) is 0.354. The number of aliphatic hydroxyl groups is 2. The highest BCUT2D eigenvalue weighted by Crippen LogP contribution is 2.31. The molecule has 96 heavy (non-hydrogen) atoms. The maximum absolute atomic E-state index is 12.5. The van der Waals surface area contributed by atoms with Crippen LogP contribution in [0.25, 0.3) is 0 Å². The van der Waals surface area contributed by atoms with E-state index in [-0.39, 0.29) is 97.3 Å². The van der Waals surface area contributed by atoms with E-state index in [1.54, 1.807) is 63.4 Å². The zero-order chi connectivity index (χ0) is 71.2. The molecule has 3 unspecified atom stereocenters. The minimum Gasteiger partial charge on any atom is -0.466 e. The van der Waals surface area contributed by atoms with Gasteiger partial charge in [-0.3, -0.25) is 52.9 Å². The average molecular weight is 1360 g/mol. The van der Waals surface area contributed by atoms with E-state index in [2.05, 4.69) is 28.6 Å². The number of halogens is 2. The second-order valence-corrected chi connectivity index (χ2v) is 26.7. The Hall–Kier alpha value is -6.23. The Balaban J connectivity index is 0.000000231. The van der Waals surface area contributed by atoms with Crippen LogP contribution >= 0.6 is 0 Å². The summed E-state index contributed by atoms with van der Waals surface area (Å²) in [6.45, 7) is 31.3. The lowest BCUT2D eigenvalue weighted by Crippen LogP contribution is -2.52. The molecule has 4 atom stereocenters. The zero-order valence-corrected chi connectivity index (χ0v) is 59.5. The lowest BCUT2D eigenvalue weighted by Gasteiger charge is -2.37. The number of hydrogen-bond donors (Lipinski definition) is 2. The van der Waals surface area contributed by atoms with Gasteiger partial charge in [0.05, 0.1) is 38.1 Å². The smallest absolute Gasteiger partial charge is 0.305 e. The van der Waals surface area contributed by atoms with Gasteiger partial charge in [-0.15, -0.1) is 0 Å². The van der Waals surface area contributed by atoms with Crippen LogP contribution in [0.1, 0.15) is 159 Å². The number of β-amino-alcohol motifs (C(OH)–C–C–N with tert-alkyl or cyclic N) is 1. The standard InChI is InChI=1S/C10H18N2O.C10H14N2O.C9H14N2O2.C8H15NO2.C7H11F2NO.2C7H13NO2.C6H11NO2.C4H6O2/c1-8(13)12-4-3-9-5-11(2)6-10(9)7-12;1-7-5-9-6-12(8(2)13)4-3-10(9)11-7;1-7(12)10-4-5-11-8(6-10)2-3-9(11)13;1-7(10)9-5-3-8(11-2)4-6-9;1-6(11)10-4-2-7(8,9)3-5-10;1-6(9)8-4-2-7(10)3-5-8;1-6(9)8-4-2-3-7(10)5-8;1-6(8)7-2-4-9-5-3-7;5-4-2-1-3-6-4/h9-10H,3-7H2,1-2H3;3-6H2,1-2H3;8H,2-6H2,1H3;8H,3-6H2,1-2H3;2-5H2,1H3;2*7,10H,2-5H2,1H3;2-5H2,1H3;1-3H2/t;;;;;;7-;;/m......0../s1. The number of carbonyl (C=O) groups excluding carboxylic acids is 10. The molecule has 0 aromatic carbocycles. The summed E-state index contributed by atoms with van der Waals surface area (Å²) in [6, 6.07) is 0.296. The van der Waals surface area contributed by atoms with Crippen LogP contribution in [0.15, 0.2) is 16.3 Å². The summed E-state index contributed by atoms with van der Waals surface area (Å²) in [5, 5.41) is 18.2. The number of piperidine rings is 5. The molecule has 9 amide bonds. The average Bonchev–Trinajstić information content (AvgIpc) is 1.71. The first kappa shape index (κ1) is 82.2. The van der Waals surface area contributed by atoms with Crippen molar-refractivity contribution in [3.8, 4) is 0 Å². The first-order chi connectivity index (χ1) is 45.4. The molecule has 0 aromatic heterocycles. The number of methoxy groups -OCH3 is 1. The van der Waals surface area contributed by atoms with Crippen molar-refractivity contribution in [1.29, 1.82) is 0 Å². The Morgan fingerprint density at radius 3 is 1.48 bits per heavy atom. The van der Waals surface area contributed by atoms with Gasteiger partial charge in [0.25, 0.3) is 5.92 Å². The summed E-state index contributed by atoms with van der Waals surface area (Å²) in [4.78, 5) is 132. The molecule has 28 heteroatoms. The number of esters is 1. The van der Waals surface area contributed by atoms with E-state index in [4.69, 9.17) is 19.7 Å². The van der Waals surface area contributed by atoms with Crippen LogP contribution in [0, 0.1) is 11.8 Å². The fourth-order valence-corrected chi connectivity index (χ4v) is 13.1. The van der Waals surface area contributed by atoms with Gasteiger partial charge in [0.1, 0.15) is 0 Å². The third-order valence-electron chi connectivity index (χ3n) is 19.2. The van der Waals surface area contributed by atoms with Crippen molar-refractivity contribution in [3.63, 3.8) is 0 Å². The molecule has 2 N–H and O–H groups in total. The van der Waals surface area contributed by atoms with E-state index in [0.29, 0.717) is 57.9 Å². The van der Waals surface area contributed by atoms with Crippen LogP contribution in [-0.2, 0) is 62.2 Å². The predicted octanol–water partition coefficient (Wildman–Crippen LogP) is 3.69. The molecule has 546 valence electrons. The van der Waals surface area contributed by atoms with Gasteiger partial charge in [-0.25, -0.2) is 8.78 Å². The van der Waals surface area contributed by atoms with E-state index < -0.39 is 5.92 Å². The van der Waals surface area contributed by atoms with Gasteiger partial charge < -0.3 is 73.4 Å². The summed E-state index contributed by atoms with van der Waals surface area (Å²) >= 11 is 0. The largest absolute Gasteiger partial charge is 0.466 e. The van der Waals surface area contributed by atoms with Gasteiger partial charge in [0.15, 0.2) is 0 Å². The number of rotatable bonds is 1. The number of cyclic esters (lactones) is 1. The first-order valence-electron chi connectivity index (χ1n) is 34.6. The molecule has 0 saturated carbocycles. The second kappa shape index (κ2) is 41.9. The third kappa shape index (κ3) is 29.9. The SMILES string of the molecule is CC(=O)N1CCC(F)(F)CC1.CC(=O)N1CCC(O)CC1.CC(=O)N1CCC2=C(CC(C)=N2)C1.CC(=O)N1CCC2CN(C)CC2C1.CC(=O)N1CCC[C@H](O)C1.CC(=O)N1CCN2C(=O)CCC2C1.CC(=O)N1CCOCC1.COC1CCN(C(C)=O)CC1.O=C1CCCO1. The summed E-state index contributed by atoms with van der Waals surface area (Å²) < 4.78 is 39.8. The number of aliphatic imine (C=N–C) groups is 1. The van der Waals surface area contributed by atoms with Gasteiger partial charge in [-0.05, 0) is 89.2 Å². The summed E-state index contributed by atoms with van der Waals surface area (Å²) in [6.07, 6.45) is 11.0. The number of morpholine rings is 1. The van der Waals surface area contributed by atoms with Crippen molar-refractivity contribution in [2.45, 2.75) is 189 Å². The van der Waals surface area contributed by atoms with Crippen molar-refractivity contribution >= 4 is 64.8 Å². The van der Waals surface area contributed by atoms with Gasteiger partial charge >= 0.3 is 5.97 Å². The Labute approximate surface area is 568 Å². The van der Waals surface area contributed by atoms with Crippen molar-refractivity contribution < 1.29 is 81.1 Å². The highest BCUT2D eigenvalue weighted by molar-refractivity contribution is 5.88. The molecule has 0 radical (unpaired) electrons. The number of hydrogen-bond acceptors (Lipinski definition) is 17. The molecule has 0 bridgehead atoms. The summed E-state index contributed by atoms with van der Waals surface area (Å²) in [5.74, 6) is 0.199. The topological polar surface area (TPSA) is 284 Å². The number of piperazine rings is 1. The lowest BCUT2D eigenvalue weighted by molar-refractivity contribution is -0.138. The van der Waals surface area contributed by atoms with Gasteiger partial charge in [0, 0.05) is 243 Å². The molecule has 10 saturated heterocycles. The molecule has 0 aliphatic carbocycles. The molecule has 12 rings (SSSR count). The number of carbonyl (C=O) groups is 10. The third-order valence-corrected chi connectivity index (χ3v) is 19.2. The minimum atomic E-state index is -2.55. The van der Waals surface area contributed by atoms with Crippen LogP contribution in [0.3, 0.4) is 0 Å². The fourth-order valence-electron chi connectivity index (χ4n) is 13.1. The molecule has 26 nitrogen and oxygen atoms in total. The van der Waals surface area contributed by atoms with Crippen LogP contribution in [-0.4, -0.2) is 313 Å². The van der Waals surface area contributed by atoms with Crippen molar-refractivity contribution in [2.75, 3.05) is 158 Å². The molecular formula is C68H115F2N11O15. The Morgan fingerprint density at radius 2 is 1.00 bits per heavy atom. The first-order valence-corrected chi connectivity index (χ1v) is 34.6. The van der Waals surface area contributed by atoms with Crippen LogP contribution in [0.2, 0.25) is 0 Å². The number of fused-ring (bicyclic) bond motifs is 2. The minimum absolute atomic E-state index is 0.0463. The molecule has 0 spiro atoms. The van der Waals surface area contributed by atoms with Crippen molar-refractivity contribution in [3.05, 3.63) is 11.3 Å². The van der Waals surface area contributed by atoms with Gasteiger partial charge in [0.2, 0.25) is 53.2 Å². The van der Waals surface area contributed by atoms with Crippen LogP contribution in [0.5, 0.6) is 0 Å². The lowest BCUT2D eigenvalue weighted by atomic mass is 9.89. The number of aliphatic hydroxyl groups excluding tert-OH is 2.